The highest BCUT2D eigenvalue weighted by Gasteiger charge is 2.28. The maximum atomic E-state index is 12.5. The molecular weight excluding hydrogens is 514 g/mol. The number of carbonyl (C=O) groups excluding carboxylic acids is 3. The third-order valence-electron chi connectivity index (χ3n) is 5.66. The molecule has 37 heavy (non-hydrogen) atoms. The van der Waals surface area contributed by atoms with Crippen molar-refractivity contribution in [3.8, 4) is 5.75 Å². The lowest BCUT2D eigenvalue weighted by Gasteiger charge is -2.12. The lowest BCUT2D eigenvalue weighted by atomic mass is 9.95. The molecule has 0 spiro atoms. The second kappa shape index (κ2) is 12.5. The topological polar surface area (TPSA) is 106 Å². The molecule has 0 saturated carbocycles. The van der Waals surface area contributed by atoms with Gasteiger partial charge in [-0.1, -0.05) is 23.7 Å². The van der Waals surface area contributed by atoms with Crippen LogP contribution in [0.25, 0.3) is 0 Å². The van der Waals surface area contributed by atoms with Crippen molar-refractivity contribution in [2.24, 2.45) is 5.10 Å². The van der Waals surface area contributed by atoms with E-state index in [1.807, 2.05) is 24.3 Å². The molecule has 10 heteroatoms. The highest BCUT2D eigenvalue weighted by molar-refractivity contribution is 7.17. The molecule has 0 fully saturated rings. The Morgan fingerprint density at radius 3 is 2.49 bits per heavy atom. The number of benzene rings is 2. The van der Waals surface area contributed by atoms with Crippen LogP contribution in [0, 0.1) is 0 Å². The number of ether oxygens (including phenoxy) is 2. The average molecular weight is 540 g/mol. The number of hydrazone groups is 1. The maximum Gasteiger partial charge on any atom is 0.341 e. The standard InChI is InChI=1S/C27H26ClN3O5S/c1-2-35-27(34)23-21-5-3-4-6-22(21)37-26(23)30-24(32)25(33)31-29-15-17-9-13-20(14-10-17)36-16-18-7-11-19(28)12-8-18/h7-15H,2-6,16H2,1H3,(H,30,32)(H,31,33)/b29-15+. The van der Waals surface area contributed by atoms with Gasteiger partial charge in [-0.15, -0.1) is 11.3 Å². The maximum absolute atomic E-state index is 12.5. The van der Waals surface area contributed by atoms with Gasteiger partial charge in [-0.3, -0.25) is 9.59 Å². The summed E-state index contributed by atoms with van der Waals surface area (Å²) in [6.45, 7) is 2.35. The minimum absolute atomic E-state index is 0.224. The van der Waals surface area contributed by atoms with Gasteiger partial charge in [-0.2, -0.15) is 5.10 Å². The Balaban J connectivity index is 1.31. The summed E-state index contributed by atoms with van der Waals surface area (Å²) in [5.74, 6) is -1.67. The predicted molar refractivity (Wildman–Crippen MR) is 144 cm³/mol. The summed E-state index contributed by atoms with van der Waals surface area (Å²) in [5.41, 5.74) is 5.17. The van der Waals surface area contributed by atoms with E-state index in [4.69, 9.17) is 21.1 Å². The van der Waals surface area contributed by atoms with Gasteiger partial charge in [-0.25, -0.2) is 10.2 Å². The molecule has 2 aromatic carbocycles. The van der Waals surface area contributed by atoms with Crippen LogP contribution >= 0.6 is 22.9 Å². The summed E-state index contributed by atoms with van der Waals surface area (Å²) in [4.78, 5) is 38.4. The molecule has 4 rings (SSSR count). The monoisotopic (exact) mass is 539 g/mol. The largest absolute Gasteiger partial charge is 0.489 e. The highest BCUT2D eigenvalue weighted by atomic mass is 35.5. The molecule has 0 radical (unpaired) electrons. The van der Waals surface area contributed by atoms with E-state index in [1.165, 1.54) is 17.6 Å². The Hall–Kier alpha value is -3.69. The third-order valence-corrected chi connectivity index (χ3v) is 7.12. The summed E-state index contributed by atoms with van der Waals surface area (Å²) >= 11 is 7.21. The molecule has 1 aromatic heterocycles. The minimum Gasteiger partial charge on any atom is -0.489 e. The first-order chi connectivity index (χ1) is 17.9. The first kappa shape index (κ1) is 26.4. The summed E-state index contributed by atoms with van der Waals surface area (Å²) < 4.78 is 10.9. The summed E-state index contributed by atoms with van der Waals surface area (Å²) in [6.07, 6.45) is 4.99. The number of fused-ring (bicyclic) bond motifs is 1. The van der Waals surface area contributed by atoms with Crippen LogP contribution in [0.15, 0.2) is 53.6 Å². The van der Waals surface area contributed by atoms with Gasteiger partial charge in [0.2, 0.25) is 0 Å². The van der Waals surface area contributed by atoms with E-state index in [0.29, 0.717) is 33.5 Å². The molecule has 0 bridgehead atoms. The van der Waals surface area contributed by atoms with Gasteiger partial charge in [0.05, 0.1) is 18.4 Å². The van der Waals surface area contributed by atoms with E-state index in [9.17, 15) is 14.4 Å². The van der Waals surface area contributed by atoms with Crippen molar-refractivity contribution in [1.82, 2.24) is 5.43 Å². The zero-order valence-corrected chi connectivity index (χ0v) is 21.8. The first-order valence-electron chi connectivity index (χ1n) is 11.9. The number of esters is 1. The van der Waals surface area contributed by atoms with E-state index < -0.39 is 17.8 Å². The summed E-state index contributed by atoms with van der Waals surface area (Å²) in [5, 5.41) is 7.43. The van der Waals surface area contributed by atoms with Gasteiger partial charge >= 0.3 is 17.8 Å². The lowest BCUT2D eigenvalue weighted by Crippen LogP contribution is -2.32. The molecule has 2 N–H and O–H groups in total. The molecule has 1 aliphatic carbocycles. The van der Waals surface area contributed by atoms with Crippen LogP contribution in [0.3, 0.4) is 0 Å². The van der Waals surface area contributed by atoms with E-state index in [1.54, 1.807) is 31.2 Å². The molecule has 1 aliphatic rings. The second-order valence-electron chi connectivity index (χ2n) is 8.27. The van der Waals surface area contributed by atoms with Crippen molar-refractivity contribution in [3.63, 3.8) is 0 Å². The molecule has 0 aliphatic heterocycles. The average Bonchev–Trinajstić information content (AvgIpc) is 3.27. The first-order valence-corrected chi connectivity index (χ1v) is 13.1. The van der Waals surface area contributed by atoms with Crippen LogP contribution in [-0.4, -0.2) is 30.6 Å². The number of thiophene rings is 1. The Morgan fingerprint density at radius 1 is 1.03 bits per heavy atom. The number of hydrogen-bond donors (Lipinski definition) is 2. The Morgan fingerprint density at radius 2 is 1.76 bits per heavy atom. The van der Waals surface area contributed by atoms with E-state index in [2.05, 4.69) is 15.8 Å². The predicted octanol–water partition coefficient (Wildman–Crippen LogP) is 5.12. The zero-order chi connectivity index (χ0) is 26.2. The number of carbonyl (C=O) groups is 3. The number of aryl methyl sites for hydroxylation is 1. The Labute approximate surface area is 223 Å². The number of hydrogen-bond acceptors (Lipinski definition) is 7. The van der Waals surface area contributed by atoms with Crippen LogP contribution in [0.5, 0.6) is 5.75 Å². The smallest absolute Gasteiger partial charge is 0.341 e. The third kappa shape index (κ3) is 6.96. The molecule has 0 atom stereocenters. The van der Waals surface area contributed by atoms with Gasteiger partial charge in [0.1, 0.15) is 17.4 Å². The van der Waals surface area contributed by atoms with E-state index in [-0.39, 0.29) is 6.61 Å². The van der Waals surface area contributed by atoms with Crippen molar-refractivity contribution in [2.45, 2.75) is 39.2 Å². The fourth-order valence-corrected chi connectivity index (χ4v) is 5.25. The van der Waals surface area contributed by atoms with Crippen LogP contribution < -0.4 is 15.5 Å². The van der Waals surface area contributed by atoms with Gasteiger partial charge in [0.25, 0.3) is 0 Å². The van der Waals surface area contributed by atoms with Crippen molar-refractivity contribution >= 4 is 51.9 Å². The molecular formula is C27H26ClN3O5S. The van der Waals surface area contributed by atoms with Gasteiger partial charge in [0, 0.05) is 9.90 Å². The van der Waals surface area contributed by atoms with Gasteiger partial charge < -0.3 is 14.8 Å². The highest BCUT2D eigenvalue weighted by Crippen LogP contribution is 2.38. The van der Waals surface area contributed by atoms with Crippen molar-refractivity contribution in [3.05, 3.63) is 80.7 Å². The molecule has 0 unspecified atom stereocenters. The molecule has 0 saturated heterocycles. The van der Waals surface area contributed by atoms with Crippen LogP contribution in [0.4, 0.5) is 5.00 Å². The Bertz CT molecular complexity index is 1300. The molecule has 192 valence electrons. The SMILES string of the molecule is CCOC(=O)c1c(NC(=O)C(=O)N/N=C/c2ccc(OCc3ccc(Cl)cc3)cc2)sc2c1CCCC2. The van der Waals surface area contributed by atoms with Crippen molar-refractivity contribution in [2.75, 3.05) is 11.9 Å². The van der Waals surface area contributed by atoms with E-state index >= 15 is 0 Å². The number of amides is 2. The van der Waals surface area contributed by atoms with Crippen molar-refractivity contribution in [1.29, 1.82) is 0 Å². The molecule has 1 heterocycles. The number of nitrogens with one attached hydrogen (secondary N) is 2. The zero-order valence-electron chi connectivity index (χ0n) is 20.2. The van der Waals surface area contributed by atoms with Crippen molar-refractivity contribution < 1.29 is 23.9 Å². The van der Waals surface area contributed by atoms with Gasteiger partial charge in [0.15, 0.2) is 0 Å². The number of anilines is 1. The quantitative estimate of drug-likeness (QED) is 0.179. The molecule has 8 nitrogen and oxygen atoms in total. The molecule has 3 aromatic rings. The van der Waals surface area contributed by atoms with Crippen LogP contribution in [0.2, 0.25) is 5.02 Å². The van der Waals surface area contributed by atoms with E-state index in [0.717, 1.165) is 41.7 Å². The molecule has 2 amide bonds. The normalized spacial score (nSPS) is 12.6. The van der Waals surface area contributed by atoms with Crippen LogP contribution in [-0.2, 0) is 33.8 Å². The summed E-state index contributed by atoms with van der Waals surface area (Å²) in [6, 6.07) is 14.5. The minimum atomic E-state index is -0.944. The lowest BCUT2D eigenvalue weighted by molar-refractivity contribution is -0.136. The Kier molecular flexibility index (Phi) is 8.92. The van der Waals surface area contributed by atoms with Crippen LogP contribution in [0.1, 0.15) is 51.7 Å². The summed E-state index contributed by atoms with van der Waals surface area (Å²) in [7, 11) is 0. The fourth-order valence-electron chi connectivity index (χ4n) is 3.85. The fraction of sp³-hybridized carbons (Fsp3) is 0.259. The van der Waals surface area contributed by atoms with Gasteiger partial charge in [-0.05, 0) is 85.7 Å². The second-order valence-corrected chi connectivity index (χ2v) is 9.81. The number of nitrogens with zero attached hydrogens (tertiary/aromatic N) is 1. The number of halogens is 1. The number of rotatable bonds is 8.